The summed E-state index contributed by atoms with van der Waals surface area (Å²) in [4.78, 5) is 10.0. The van der Waals surface area contributed by atoms with Crippen molar-refractivity contribution >= 4 is 49.7 Å². The first-order valence-electron chi connectivity index (χ1n) is 11.0. The maximum absolute atomic E-state index is 5.27. The normalized spacial score (nSPS) is 14.1. The predicted molar refractivity (Wildman–Crippen MR) is 132 cm³/mol. The third kappa shape index (κ3) is 2.38. The van der Waals surface area contributed by atoms with Gasteiger partial charge < -0.3 is 4.57 Å². The van der Waals surface area contributed by atoms with Crippen LogP contribution >= 0.6 is 0 Å². The highest BCUT2D eigenvalue weighted by molar-refractivity contribution is 6.15. The van der Waals surface area contributed by atoms with Crippen LogP contribution in [0.4, 0.5) is 0 Å². The van der Waals surface area contributed by atoms with Crippen molar-refractivity contribution in [3.63, 3.8) is 0 Å². The number of rotatable bonds is 2. The number of allylic oxidation sites excluding steroid dienone is 4. The van der Waals surface area contributed by atoms with Gasteiger partial charge in [0.05, 0.1) is 16.6 Å². The molecule has 0 saturated carbocycles. The fraction of sp³-hybridized carbons (Fsp3) is 0.0714. The van der Waals surface area contributed by atoms with E-state index in [1.54, 1.807) is 0 Å². The molecule has 0 amide bonds. The van der Waals surface area contributed by atoms with E-state index >= 15 is 0 Å². The zero-order valence-electron chi connectivity index (χ0n) is 17.4. The van der Waals surface area contributed by atoms with Gasteiger partial charge in [-0.2, -0.15) is 0 Å². The maximum atomic E-state index is 5.27. The molecule has 4 aromatic heterocycles. The van der Waals surface area contributed by atoms with E-state index in [2.05, 4.69) is 88.0 Å². The molecule has 32 heavy (non-hydrogen) atoms. The Balaban J connectivity index is 1.68. The third-order valence-corrected chi connectivity index (χ3v) is 6.42. The minimum absolute atomic E-state index is 0.948. The van der Waals surface area contributed by atoms with Gasteiger partial charge in [-0.3, -0.25) is 9.55 Å². The molecule has 0 unspecified atom stereocenters. The molecule has 0 bridgehead atoms. The van der Waals surface area contributed by atoms with Crippen LogP contribution in [-0.2, 0) is 0 Å². The van der Waals surface area contributed by atoms with Gasteiger partial charge >= 0.3 is 0 Å². The van der Waals surface area contributed by atoms with Crippen molar-refractivity contribution in [3.05, 3.63) is 97.2 Å². The number of nitrogens with zero attached hydrogens (tertiary/aromatic N) is 4. The predicted octanol–water partition coefficient (Wildman–Crippen LogP) is 6.87. The monoisotopic (exact) mass is 412 g/mol. The summed E-state index contributed by atoms with van der Waals surface area (Å²) < 4.78 is 4.61. The first-order valence-corrected chi connectivity index (χ1v) is 11.0. The van der Waals surface area contributed by atoms with Gasteiger partial charge in [0.1, 0.15) is 16.7 Å². The smallest absolute Gasteiger partial charge is 0.146 e. The average molecular weight is 412 g/mol. The Morgan fingerprint density at radius 3 is 2.44 bits per heavy atom. The largest absolute Gasteiger partial charge is 0.310 e. The fourth-order valence-corrected chi connectivity index (χ4v) is 5.03. The SMILES string of the molecule is C1=CCCC(n2c3cccnc3c3nc4c(cc32)c2ccccc2n4-c2ccccc2)=C1. The Morgan fingerprint density at radius 2 is 1.56 bits per heavy atom. The van der Waals surface area contributed by atoms with Crippen molar-refractivity contribution < 1.29 is 0 Å². The highest BCUT2D eigenvalue weighted by Gasteiger charge is 2.20. The van der Waals surface area contributed by atoms with Crippen molar-refractivity contribution in [2.45, 2.75) is 12.8 Å². The molecule has 152 valence electrons. The lowest BCUT2D eigenvalue weighted by Crippen LogP contribution is -1.99. The minimum Gasteiger partial charge on any atom is -0.310 e. The number of hydrogen-bond donors (Lipinski definition) is 0. The summed E-state index contributed by atoms with van der Waals surface area (Å²) >= 11 is 0. The van der Waals surface area contributed by atoms with Crippen molar-refractivity contribution in [2.24, 2.45) is 0 Å². The molecule has 4 nitrogen and oxygen atoms in total. The molecule has 6 aromatic rings. The molecule has 7 rings (SSSR count). The Labute approximate surface area is 184 Å². The first-order chi connectivity index (χ1) is 15.9. The standard InChI is InChI=1S/C28H20N4/c1-3-10-19(11-4-1)31-24-16-9-17-29-26(24)27-25(31)18-22-21-14-7-8-15-23(21)32(28(22)30-27)20-12-5-2-6-13-20/h1-3,5-10,12-18H,4,11H2. The van der Waals surface area contributed by atoms with Crippen LogP contribution in [0.3, 0.4) is 0 Å². The van der Waals surface area contributed by atoms with Crippen LogP contribution in [0.1, 0.15) is 12.8 Å². The highest BCUT2D eigenvalue weighted by atomic mass is 15.1. The topological polar surface area (TPSA) is 35.6 Å². The summed E-state index contributed by atoms with van der Waals surface area (Å²) in [5.74, 6) is 0. The molecule has 1 aliphatic carbocycles. The Kier molecular flexibility index (Phi) is 3.64. The van der Waals surface area contributed by atoms with Crippen LogP contribution in [-0.4, -0.2) is 19.1 Å². The highest BCUT2D eigenvalue weighted by Crippen LogP contribution is 2.37. The lowest BCUT2D eigenvalue weighted by atomic mass is 10.1. The van der Waals surface area contributed by atoms with E-state index in [0.717, 1.165) is 57.1 Å². The zero-order chi connectivity index (χ0) is 21.1. The zero-order valence-corrected chi connectivity index (χ0v) is 17.4. The van der Waals surface area contributed by atoms with Crippen molar-refractivity contribution in [1.82, 2.24) is 19.1 Å². The summed E-state index contributed by atoms with van der Waals surface area (Å²) in [5.41, 5.74) is 8.65. The summed E-state index contributed by atoms with van der Waals surface area (Å²) in [6.45, 7) is 0. The van der Waals surface area contributed by atoms with Crippen LogP contribution in [0.5, 0.6) is 0 Å². The van der Waals surface area contributed by atoms with E-state index in [1.165, 1.54) is 11.1 Å². The van der Waals surface area contributed by atoms with Gasteiger partial charge in [-0.05, 0) is 55.3 Å². The molecular weight excluding hydrogens is 392 g/mol. The summed E-state index contributed by atoms with van der Waals surface area (Å²) in [6.07, 6.45) is 10.5. The molecule has 4 heterocycles. The molecule has 4 heteroatoms. The van der Waals surface area contributed by atoms with Crippen LogP contribution in [0.2, 0.25) is 0 Å². The van der Waals surface area contributed by atoms with E-state index in [0.29, 0.717) is 0 Å². The second-order valence-corrected chi connectivity index (χ2v) is 8.25. The van der Waals surface area contributed by atoms with Crippen molar-refractivity contribution in [2.75, 3.05) is 0 Å². The lowest BCUT2D eigenvalue weighted by molar-refractivity contribution is 0.978. The summed E-state index contributed by atoms with van der Waals surface area (Å²) in [6, 6.07) is 25.5. The number of pyridine rings is 2. The number of hydrogen-bond acceptors (Lipinski definition) is 2. The maximum Gasteiger partial charge on any atom is 0.146 e. The Bertz CT molecular complexity index is 1710. The van der Waals surface area contributed by atoms with Crippen molar-refractivity contribution in [1.29, 1.82) is 0 Å². The molecule has 2 aromatic carbocycles. The van der Waals surface area contributed by atoms with Crippen LogP contribution in [0.25, 0.3) is 55.4 Å². The molecule has 0 saturated heterocycles. The van der Waals surface area contributed by atoms with Gasteiger partial charge in [0.25, 0.3) is 0 Å². The van der Waals surface area contributed by atoms with Crippen molar-refractivity contribution in [3.8, 4) is 5.69 Å². The van der Waals surface area contributed by atoms with Crippen LogP contribution in [0.15, 0.2) is 97.2 Å². The molecular formula is C28H20N4. The summed E-state index contributed by atoms with van der Waals surface area (Å²) in [7, 11) is 0. The second kappa shape index (κ2) is 6.66. The first kappa shape index (κ1) is 17.5. The van der Waals surface area contributed by atoms with Gasteiger partial charge in [-0.1, -0.05) is 48.6 Å². The molecule has 0 radical (unpaired) electrons. The van der Waals surface area contributed by atoms with E-state index in [1.807, 2.05) is 18.3 Å². The van der Waals surface area contributed by atoms with Gasteiger partial charge in [-0.15, -0.1) is 0 Å². The number of aromatic nitrogens is 4. The molecule has 0 atom stereocenters. The minimum atomic E-state index is 0.948. The molecule has 1 aliphatic rings. The van der Waals surface area contributed by atoms with E-state index in [-0.39, 0.29) is 0 Å². The van der Waals surface area contributed by atoms with E-state index in [4.69, 9.17) is 9.97 Å². The Morgan fingerprint density at radius 1 is 0.719 bits per heavy atom. The average Bonchev–Trinajstić information content (AvgIpc) is 3.36. The molecule has 0 fully saturated rings. The molecule has 0 N–H and O–H groups in total. The molecule has 0 spiro atoms. The third-order valence-electron chi connectivity index (χ3n) is 6.42. The number of fused-ring (bicyclic) bond motifs is 6. The quantitative estimate of drug-likeness (QED) is 0.311. The Hall–Kier alpha value is -4.18. The fourth-order valence-electron chi connectivity index (χ4n) is 5.03. The lowest BCUT2D eigenvalue weighted by Gasteiger charge is -2.13. The second-order valence-electron chi connectivity index (χ2n) is 8.25. The van der Waals surface area contributed by atoms with Crippen LogP contribution < -0.4 is 0 Å². The van der Waals surface area contributed by atoms with Gasteiger partial charge in [0.15, 0.2) is 0 Å². The number of para-hydroxylation sites is 2. The summed E-state index contributed by atoms with van der Waals surface area (Å²) in [5, 5.41) is 2.37. The number of benzene rings is 2. The van der Waals surface area contributed by atoms with E-state index in [9.17, 15) is 0 Å². The van der Waals surface area contributed by atoms with E-state index < -0.39 is 0 Å². The van der Waals surface area contributed by atoms with Gasteiger partial charge in [0.2, 0.25) is 0 Å². The molecule has 0 aliphatic heterocycles. The van der Waals surface area contributed by atoms with Crippen LogP contribution in [0, 0.1) is 0 Å². The van der Waals surface area contributed by atoms with Gasteiger partial charge in [-0.25, -0.2) is 4.98 Å². The van der Waals surface area contributed by atoms with Gasteiger partial charge in [0, 0.05) is 28.4 Å².